The zero-order valence-corrected chi connectivity index (χ0v) is 15.6. The van der Waals surface area contributed by atoms with Crippen molar-refractivity contribution in [2.24, 2.45) is 34.5 Å². The smallest absolute Gasteiger partial charge is 0.145 e. The van der Waals surface area contributed by atoms with Crippen LogP contribution in [-0.2, 0) is 4.79 Å². The zero-order valence-electron chi connectivity index (χ0n) is 15.6. The SMILES string of the molecule is CC(C)CC(C)(C(=O)C(C)(CC(C)C)C(C)C)C(C)C. The van der Waals surface area contributed by atoms with E-state index in [0.717, 1.165) is 12.8 Å². The molecule has 0 fully saturated rings. The van der Waals surface area contributed by atoms with Crippen molar-refractivity contribution in [3.63, 3.8) is 0 Å². The quantitative estimate of drug-likeness (QED) is 0.536. The molecule has 0 amide bonds. The average molecular weight is 283 g/mol. The van der Waals surface area contributed by atoms with Crippen molar-refractivity contribution in [2.75, 3.05) is 0 Å². The summed E-state index contributed by atoms with van der Waals surface area (Å²) in [6, 6.07) is 0. The molecule has 0 aliphatic carbocycles. The van der Waals surface area contributed by atoms with E-state index in [1.54, 1.807) is 0 Å². The summed E-state index contributed by atoms with van der Waals surface area (Å²) in [4.78, 5) is 13.4. The maximum atomic E-state index is 13.4. The van der Waals surface area contributed by atoms with Crippen molar-refractivity contribution in [3.8, 4) is 0 Å². The molecule has 20 heavy (non-hydrogen) atoms. The summed E-state index contributed by atoms with van der Waals surface area (Å²) in [7, 11) is 0. The third kappa shape index (κ3) is 4.33. The largest absolute Gasteiger partial charge is 0.298 e. The van der Waals surface area contributed by atoms with Gasteiger partial charge in [0.25, 0.3) is 0 Å². The van der Waals surface area contributed by atoms with Gasteiger partial charge in [-0.1, -0.05) is 69.2 Å². The molecule has 2 atom stereocenters. The minimum atomic E-state index is -0.206. The van der Waals surface area contributed by atoms with Crippen molar-refractivity contribution in [3.05, 3.63) is 0 Å². The van der Waals surface area contributed by atoms with E-state index in [4.69, 9.17) is 0 Å². The van der Waals surface area contributed by atoms with Crippen LogP contribution >= 0.6 is 0 Å². The fraction of sp³-hybridized carbons (Fsp3) is 0.947. The Hall–Kier alpha value is -0.330. The highest BCUT2D eigenvalue weighted by Crippen LogP contribution is 2.46. The van der Waals surface area contributed by atoms with Crippen LogP contribution in [0.2, 0.25) is 0 Å². The summed E-state index contributed by atoms with van der Waals surface area (Å²) in [6.07, 6.45) is 1.98. The first-order valence-corrected chi connectivity index (χ1v) is 8.42. The molecule has 0 N–H and O–H groups in total. The Labute approximate surface area is 127 Å². The van der Waals surface area contributed by atoms with Crippen LogP contribution < -0.4 is 0 Å². The number of ketones is 1. The van der Waals surface area contributed by atoms with Gasteiger partial charge < -0.3 is 0 Å². The first-order chi connectivity index (χ1) is 8.87. The van der Waals surface area contributed by atoms with E-state index in [2.05, 4.69) is 69.2 Å². The Morgan fingerprint density at radius 2 is 0.950 bits per heavy atom. The van der Waals surface area contributed by atoms with Gasteiger partial charge >= 0.3 is 0 Å². The predicted octanol–water partition coefficient (Wildman–Crippen LogP) is 5.97. The highest BCUT2D eigenvalue weighted by atomic mass is 16.1. The van der Waals surface area contributed by atoms with Gasteiger partial charge in [0.15, 0.2) is 0 Å². The second-order valence-electron chi connectivity index (χ2n) is 8.67. The normalized spacial score (nSPS) is 18.7. The molecule has 120 valence electrons. The third-order valence-electron chi connectivity index (χ3n) is 5.25. The minimum absolute atomic E-state index is 0.206. The van der Waals surface area contributed by atoms with Crippen LogP contribution in [0.3, 0.4) is 0 Å². The van der Waals surface area contributed by atoms with E-state index in [-0.39, 0.29) is 10.8 Å². The maximum Gasteiger partial charge on any atom is 0.145 e. The van der Waals surface area contributed by atoms with Crippen molar-refractivity contribution in [1.82, 2.24) is 0 Å². The lowest BCUT2D eigenvalue weighted by atomic mass is 9.58. The topological polar surface area (TPSA) is 17.1 Å². The number of carbonyl (C=O) groups excluding carboxylic acids is 1. The van der Waals surface area contributed by atoms with E-state index < -0.39 is 0 Å². The molecule has 0 radical (unpaired) electrons. The van der Waals surface area contributed by atoms with Crippen LogP contribution in [0.4, 0.5) is 0 Å². The lowest BCUT2D eigenvalue weighted by Gasteiger charge is -2.44. The molecule has 0 aliphatic rings. The first-order valence-electron chi connectivity index (χ1n) is 8.42. The summed E-state index contributed by atoms with van der Waals surface area (Å²) in [5.41, 5.74) is -0.413. The van der Waals surface area contributed by atoms with Gasteiger partial charge in [-0.2, -0.15) is 0 Å². The maximum absolute atomic E-state index is 13.4. The average Bonchev–Trinajstić information content (AvgIpc) is 2.25. The van der Waals surface area contributed by atoms with Gasteiger partial charge in [0.1, 0.15) is 5.78 Å². The standard InChI is InChI=1S/C19H38O/c1-13(2)11-18(9,15(5)6)17(20)19(10,16(7)8)12-14(3)4/h13-16H,11-12H2,1-10H3. The molecule has 2 unspecified atom stereocenters. The lowest BCUT2D eigenvalue weighted by Crippen LogP contribution is -2.47. The molecule has 1 heteroatoms. The summed E-state index contributed by atoms with van der Waals surface area (Å²) < 4.78 is 0. The van der Waals surface area contributed by atoms with Gasteiger partial charge in [0.05, 0.1) is 0 Å². The number of hydrogen-bond donors (Lipinski definition) is 0. The summed E-state index contributed by atoms with van der Waals surface area (Å²) in [5, 5.41) is 0. The molecule has 0 aromatic heterocycles. The second-order valence-corrected chi connectivity index (χ2v) is 8.67. The highest BCUT2D eigenvalue weighted by Gasteiger charge is 2.48. The molecule has 0 saturated heterocycles. The van der Waals surface area contributed by atoms with E-state index in [1.807, 2.05) is 0 Å². The highest BCUT2D eigenvalue weighted by molar-refractivity contribution is 5.90. The Morgan fingerprint density at radius 1 is 0.700 bits per heavy atom. The number of hydrogen-bond acceptors (Lipinski definition) is 1. The van der Waals surface area contributed by atoms with Crippen LogP contribution in [0.15, 0.2) is 0 Å². The summed E-state index contributed by atoms with van der Waals surface area (Å²) >= 11 is 0. The Morgan fingerprint density at radius 3 is 1.10 bits per heavy atom. The fourth-order valence-corrected chi connectivity index (χ4v) is 3.53. The molecular formula is C19H38O. The molecule has 0 heterocycles. The molecule has 0 spiro atoms. The zero-order chi connectivity index (χ0) is 16.3. The predicted molar refractivity (Wildman–Crippen MR) is 89.8 cm³/mol. The van der Waals surface area contributed by atoms with Crippen molar-refractivity contribution in [2.45, 2.75) is 82.1 Å². The van der Waals surface area contributed by atoms with Crippen molar-refractivity contribution >= 4 is 5.78 Å². The van der Waals surface area contributed by atoms with Gasteiger partial charge in [0.2, 0.25) is 0 Å². The molecule has 0 rings (SSSR count). The van der Waals surface area contributed by atoms with Gasteiger partial charge in [-0.05, 0) is 36.5 Å². The van der Waals surface area contributed by atoms with Gasteiger partial charge in [0, 0.05) is 10.8 Å². The molecule has 0 aliphatic heterocycles. The Kier molecular flexibility index (Phi) is 6.97. The number of Topliss-reactive ketones (excluding diaryl/α,β-unsaturated/α-hetero) is 1. The molecule has 0 saturated carbocycles. The van der Waals surface area contributed by atoms with Crippen molar-refractivity contribution in [1.29, 1.82) is 0 Å². The van der Waals surface area contributed by atoms with Crippen LogP contribution in [0, 0.1) is 34.5 Å². The van der Waals surface area contributed by atoms with E-state index >= 15 is 0 Å². The van der Waals surface area contributed by atoms with E-state index in [1.165, 1.54) is 0 Å². The van der Waals surface area contributed by atoms with Crippen LogP contribution in [0.25, 0.3) is 0 Å². The van der Waals surface area contributed by atoms with E-state index in [9.17, 15) is 4.79 Å². The first kappa shape index (κ1) is 19.7. The fourth-order valence-electron chi connectivity index (χ4n) is 3.53. The lowest BCUT2D eigenvalue weighted by molar-refractivity contribution is -0.145. The van der Waals surface area contributed by atoms with Gasteiger partial charge in [-0.15, -0.1) is 0 Å². The van der Waals surface area contributed by atoms with Crippen LogP contribution in [0.5, 0.6) is 0 Å². The summed E-state index contributed by atoms with van der Waals surface area (Å²) in [6.45, 7) is 22.1. The van der Waals surface area contributed by atoms with E-state index in [0.29, 0.717) is 29.5 Å². The summed E-state index contributed by atoms with van der Waals surface area (Å²) in [5.74, 6) is 2.38. The molecular weight excluding hydrogens is 244 g/mol. The number of rotatable bonds is 8. The van der Waals surface area contributed by atoms with Crippen LogP contribution in [0.1, 0.15) is 82.1 Å². The Balaban J connectivity index is 5.60. The molecule has 0 aromatic rings. The number of carbonyl (C=O) groups is 1. The Bertz CT molecular complexity index is 284. The van der Waals surface area contributed by atoms with Crippen LogP contribution in [-0.4, -0.2) is 5.78 Å². The third-order valence-corrected chi connectivity index (χ3v) is 5.25. The molecule has 0 bridgehead atoms. The van der Waals surface area contributed by atoms with Gasteiger partial charge in [-0.3, -0.25) is 4.79 Å². The molecule has 0 aromatic carbocycles. The van der Waals surface area contributed by atoms with Crippen molar-refractivity contribution < 1.29 is 4.79 Å². The monoisotopic (exact) mass is 282 g/mol. The minimum Gasteiger partial charge on any atom is -0.298 e. The van der Waals surface area contributed by atoms with Gasteiger partial charge in [-0.25, -0.2) is 0 Å². The second kappa shape index (κ2) is 7.09. The molecule has 1 nitrogen and oxygen atoms in total.